The first kappa shape index (κ1) is 16.5. The molecule has 0 bridgehead atoms. The van der Waals surface area contributed by atoms with Crippen molar-refractivity contribution in [1.29, 1.82) is 0 Å². The zero-order chi connectivity index (χ0) is 15.8. The number of nitrogens with zero attached hydrogens (tertiary/aromatic N) is 1. The highest BCUT2D eigenvalue weighted by atomic mass is 35.5. The average molecular weight is 335 g/mol. The molecule has 6 nitrogen and oxygen atoms in total. The van der Waals surface area contributed by atoms with Crippen LogP contribution in [0.4, 0.5) is 5.69 Å². The summed E-state index contributed by atoms with van der Waals surface area (Å²) in [7, 11) is -3.72. The van der Waals surface area contributed by atoms with Crippen LogP contribution in [0.1, 0.15) is 12.5 Å². The number of rotatable bonds is 3. The SMILES string of the molecule is Cc1cc(Cl)c(N)cc1S(=O)(=O)N1CC(CO)OCC1C. The third kappa shape index (κ3) is 3.17. The first-order valence-corrected chi connectivity index (χ1v) is 8.39. The number of hydrogen-bond donors (Lipinski definition) is 2. The summed E-state index contributed by atoms with van der Waals surface area (Å²) in [5.41, 5.74) is 6.48. The van der Waals surface area contributed by atoms with Gasteiger partial charge in [-0.15, -0.1) is 0 Å². The minimum absolute atomic E-state index is 0.113. The predicted octanol–water partition coefficient (Wildman–Crippen LogP) is 1.00. The van der Waals surface area contributed by atoms with E-state index in [0.717, 1.165) is 0 Å². The van der Waals surface area contributed by atoms with Crippen LogP contribution in [0.2, 0.25) is 5.02 Å². The molecule has 0 radical (unpaired) electrons. The van der Waals surface area contributed by atoms with Crippen molar-refractivity contribution in [1.82, 2.24) is 4.31 Å². The average Bonchev–Trinajstić information content (AvgIpc) is 2.43. The van der Waals surface area contributed by atoms with Crippen LogP contribution in [-0.2, 0) is 14.8 Å². The first-order chi connectivity index (χ1) is 9.77. The Morgan fingerprint density at radius 2 is 2.19 bits per heavy atom. The van der Waals surface area contributed by atoms with Gasteiger partial charge in [-0.05, 0) is 31.5 Å². The summed E-state index contributed by atoms with van der Waals surface area (Å²) in [6, 6.07) is 2.61. The second-order valence-corrected chi connectivity index (χ2v) is 7.47. The van der Waals surface area contributed by atoms with Crippen molar-refractivity contribution in [3.8, 4) is 0 Å². The quantitative estimate of drug-likeness (QED) is 0.804. The molecule has 2 rings (SSSR count). The Balaban J connectivity index is 2.43. The Bertz CT molecular complexity index is 635. The highest BCUT2D eigenvalue weighted by molar-refractivity contribution is 7.89. The predicted molar refractivity (Wildman–Crippen MR) is 80.8 cm³/mol. The van der Waals surface area contributed by atoms with E-state index < -0.39 is 16.1 Å². The molecule has 0 spiro atoms. The molecule has 1 heterocycles. The molecule has 0 saturated carbocycles. The van der Waals surface area contributed by atoms with E-state index in [4.69, 9.17) is 22.1 Å². The minimum Gasteiger partial charge on any atom is -0.397 e. The number of halogens is 1. The summed E-state index contributed by atoms with van der Waals surface area (Å²) in [6.07, 6.45) is -0.513. The Morgan fingerprint density at radius 1 is 1.52 bits per heavy atom. The number of hydrogen-bond acceptors (Lipinski definition) is 5. The Morgan fingerprint density at radius 3 is 2.81 bits per heavy atom. The Kier molecular flexibility index (Phi) is 4.79. The Labute approximate surface area is 129 Å². The maximum Gasteiger partial charge on any atom is 0.243 e. The van der Waals surface area contributed by atoms with Crippen LogP contribution >= 0.6 is 11.6 Å². The van der Waals surface area contributed by atoms with Gasteiger partial charge in [-0.3, -0.25) is 0 Å². The highest BCUT2D eigenvalue weighted by Gasteiger charge is 2.36. The van der Waals surface area contributed by atoms with Gasteiger partial charge in [-0.25, -0.2) is 8.42 Å². The number of anilines is 1. The maximum absolute atomic E-state index is 12.8. The second-order valence-electron chi connectivity index (χ2n) is 5.20. The molecule has 0 amide bonds. The molecular weight excluding hydrogens is 316 g/mol. The third-order valence-electron chi connectivity index (χ3n) is 3.53. The van der Waals surface area contributed by atoms with Crippen LogP contribution in [0.3, 0.4) is 0 Å². The summed E-state index contributed by atoms with van der Waals surface area (Å²) in [4.78, 5) is 0.134. The molecule has 8 heteroatoms. The van der Waals surface area contributed by atoms with Gasteiger partial charge in [0.05, 0.1) is 34.9 Å². The van der Waals surface area contributed by atoms with Gasteiger partial charge in [0.25, 0.3) is 0 Å². The topological polar surface area (TPSA) is 92.9 Å². The van der Waals surface area contributed by atoms with Crippen molar-refractivity contribution < 1.29 is 18.3 Å². The van der Waals surface area contributed by atoms with Crippen molar-refractivity contribution in [2.24, 2.45) is 0 Å². The number of ether oxygens (including phenoxy) is 1. The van der Waals surface area contributed by atoms with E-state index in [0.29, 0.717) is 10.6 Å². The lowest BCUT2D eigenvalue weighted by Crippen LogP contribution is -2.51. The van der Waals surface area contributed by atoms with Crippen molar-refractivity contribution >= 4 is 27.3 Å². The van der Waals surface area contributed by atoms with E-state index in [1.165, 1.54) is 10.4 Å². The van der Waals surface area contributed by atoms with E-state index in [-0.39, 0.29) is 36.4 Å². The van der Waals surface area contributed by atoms with Crippen LogP contribution in [0.25, 0.3) is 0 Å². The van der Waals surface area contributed by atoms with E-state index in [9.17, 15) is 13.5 Å². The molecule has 3 N–H and O–H groups in total. The van der Waals surface area contributed by atoms with E-state index in [1.807, 2.05) is 0 Å². The molecule has 1 aromatic rings. The maximum atomic E-state index is 12.8. The fourth-order valence-corrected chi connectivity index (χ4v) is 4.42. The van der Waals surface area contributed by atoms with Crippen molar-refractivity contribution in [2.75, 3.05) is 25.5 Å². The zero-order valence-corrected chi connectivity index (χ0v) is 13.5. The fraction of sp³-hybridized carbons (Fsp3) is 0.538. The van der Waals surface area contributed by atoms with Gasteiger partial charge in [0.1, 0.15) is 0 Å². The molecule has 21 heavy (non-hydrogen) atoms. The number of aliphatic hydroxyl groups excluding tert-OH is 1. The largest absolute Gasteiger partial charge is 0.397 e. The van der Waals surface area contributed by atoms with E-state index in [1.54, 1.807) is 19.9 Å². The summed E-state index contributed by atoms with van der Waals surface area (Å²) < 4.78 is 32.4. The van der Waals surface area contributed by atoms with Gasteiger partial charge in [0.15, 0.2) is 0 Å². The number of benzene rings is 1. The summed E-state index contributed by atoms with van der Waals surface area (Å²) in [5, 5.41) is 9.51. The van der Waals surface area contributed by atoms with Crippen LogP contribution in [0.15, 0.2) is 17.0 Å². The fourth-order valence-electron chi connectivity index (χ4n) is 2.31. The molecule has 1 aliphatic heterocycles. The summed E-state index contributed by atoms with van der Waals surface area (Å²) in [5.74, 6) is 0. The minimum atomic E-state index is -3.72. The molecule has 118 valence electrons. The molecular formula is C13H19ClN2O4S. The molecule has 0 aromatic heterocycles. The zero-order valence-electron chi connectivity index (χ0n) is 11.9. The molecule has 0 aliphatic carbocycles. The first-order valence-electron chi connectivity index (χ1n) is 6.57. The standard InChI is InChI=1S/C13H19ClN2O4S/c1-8-3-11(14)12(15)4-13(8)21(18,19)16-5-10(6-17)20-7-9(16)2/h3-4,9-10,17H,5-7,15H2,1-2H3. The molecule has 2 unspecified atom stereocenters. The number of nitrogens with two attached hydrogens (primary N) is 1. The molecule has 1 aromatic carbocycles. The van der Waals surface area contributed by atoms with Gasteiger partial charge >= 0.3 is 0 Å². The Hall–Kier alpha value is -0.860. The summed E-state index contributed by atoms with van der Waals surface area (Å²) >= 11 is 5.91. The van der Waals surface area contributed by atoms with E-state index >= 15 is 0 Å². The lowest BCUT2D eigenvalue weighted by Gasteiger charge is -2.36. The number of aryl methyl sites for hydroxylation is 1. The van der Waals surface area contributed by atoms with Gasteiger partial charge in [0, 0.05) is 12.6 Å². The molecule has 1 saturated heterocycles. The van der Waals surface area contributed by atoms with Crippen LogP contribution in [-0.4, -0.2) is 49.7 Å². The highest BCUT2D eigenvalue weighted by Crippen LogP contribution is 2.30. The number of sulfonamides is 1. The summed E-state index contributed by atoms with van der Waals surface area (Å²) in [6.45, 7) is 3.57. The van der Waals surface area contributed by atoms with Gasteiger partial charge in [0.2, 0.25) is 10.0 Å². The third-order valence-corrected chi connectivity index (χ3v) is 5.98. The lowest BCUT2D eigenvalue weighted by atomic mass is 10.2. The van der Waals surface area contributed by atoms with Gasteiger partial charge < -0.3 is 15.6 Å². The van der Waals surface area contributed by atoms with Crippen LogP contribution in [0, 0.1) is 6.92 Å². The van der Waals surface area contributed by atoms with Crippen LogP contribution < -0.4 is 5.73 Å². The van der Waals surface area contributed by atoms with Crippen LogP contribution in [0.5, 0.6) is 0 Å². The lowest BCUT2D eigenvalue weighted by molar-refractivity contribution is -0.0516. The number of morpholine rings is 1. The van der Waals surface area contributed by atoms with E-state index in [2.05, 4.69) is 0 Å². The van der Waals surface area contributed by atoms with Gasteiger partial charge in [-0.1, -0.05) is 11.6 Å². The molecule has 1 fully saturated rings. The molecule has 1 aliphatic rings. The number of nitrogen functional groups attached to an aromatic ring is 1. The smallest absolute Gasteiger partial charge is 0.243 e. The molecule has 2 atom stereocenters. The van der Waals surface area contributed by atoms with Crippen molar-refractivity contribution in [2.45, 2.75) is 30.9 Å². The van der Waals surface area contributed by atoms with Gasteiger partial charge in [-0.2, -0.15) is 4.31 Å². The monoisotopic (exact) mass is 334 g/mol. The van der Waals surface area contributed by atoms with Crippen molar-refractivity contribution in [3.05, 3.63) is 22.7 Å². The normalized spacial score (nSPS) is 24.2. The number of aliphatic hydroxyl groups is 1. The van der Waals surface area contributed by atoms with Crippen molar-refractivity contribution in [3.63, 3.8) is 0 Å². The second kappa shape index (κ2) is 6.10.